The third-order valence-electron chi connectivity index (χ3n) is 2.38. The van der Waals surface area contributed by atoms with Gasteiger partial charge in [-0.15, -0.1) is 11.3 Å². The number of hydrogen-bond acceptors (Lipinski definition) is 2. The first-order valence-electron chi connectivity index (χ1n) is 4.79. The molecule has 0 fully saturated rings. The second-order valence-corrected chi connectivity index (χ2v) is 6.02. The topological polar surface area (TPSA) is 20.2 Å². The first-order valence-corrected chi connectivity index (χ1v) is 6.40. The molecule has 19 heavy (non-hydrogen) atoms. The van der Waals surface area contributed by atoms with Gasteiger partial charge in [0.25, 0.3) is 0 Å². The second kappa shape index (κ2) is 5.18. The van der Waals surface area contributed by atoms with E-state index in [1.165, 1.54) is 12.1 Å². The molecule has 2 aromatic rings. The van der Waals surface area contributed by atoms with Gasteiger partial charge in [0, 0.05) is 4.88 Å². The van der Waals surface area contributed by atoms with Gasteiger partial charge >= 0.3 is 0 Å². The summed E-state index contributed by atoms with van der Waals surface area (Å²) in [5.41, 5.74) is -1.26. The summed E-state index contributed by atoms with van der Waals surface area (Å²) in [4.78, 5) is 0.0510. The van der Waals surface area contributed by atoms with Crippen molar-refractivity contribution in [1.29, 1.82) is 0 Å². The highest BCUT2D eigenvalue weighted by molar-refractivity contribution is 9.11. The van der Waals surface area contributed by atoms with Crippen LogP contribution in [0.15, 0.2) is 15.9 Å². The Morgan fingerprint density at radius 1 is 0.895 bits per heavy atom. The average molecular weight is 359 g/mol. The molecular formula is C11H4BrF5OS. The SMILES string of the molecule is OC(c1ccc(Br)s1)c1c(F)c(F)c(F)c(F)c1F. The predicted octanol–water partition coefficient (Wildman–Crippen LogP) is 4.29. The lowest BCUT2D eigenvalue weighted by Crippen LogP contribution is -2.11. The van der Waals surface area contributed by atoms with Gasteiger partial charge in [-0.2, -0.15) is 0 Å². The summed E-state index contributed by atoms with van der Waals surface area (Å²) in [5, 5.41) is 9.76. The zero-order valence-electron chi connectivity index (χ0n) is 8.86. The highest BCUT2D eigenvalue weighted by atomic mass is 79.9. The number of rotatable bonds is 2. The average Bonchev–Trinajstić information content (AvgIpc) is 2.81. The van der Waals surface area contributed by atoms with Gasteiger partial charge in [-0.05, 0) is 28.1 Å². The molecule has 0 spiro atoms. The van der Waals surface area contributed by atoms with Crippen molar-refractivity contribution in [3.05, 3.63) is 55.4 Å². The highest BCUT2D eigenvalue weighted by Crippen LogP contribution is 2.35. The fourth-order valence-corrected chi connectivity index (χ4v) is 2.90. The Morgan fingerprint density at radius 3 is 1.79 bits per heavy atom. The number of halogens is 6. The van der Waals surface area contributed by atoms with Crippen molar-refractivity contribution in [2.24, 2.45) is 0 Å². The Hall–Kier alpha value is -0.990. The molecule has 8 heteroatoms. The molecule has 0 saturated carbocycles. The van der Waals surface area contributed by atoms with Crippen molar-refractivity contribution in [1.82, 2.24) is 0 Å². The van der Waals surface area contributed by atoms with Crippen LogP contribution >= 0.6 is 27.3 Å². The van der Waals surface area contributed by atoms with Gasteiger partial charge in [0.2, 0.25) is 5.82 Å². The molecule has 1 unspecified atom stereocenters. The minimum atomic E-state index is -2.25. The molecule has 0 saturated heterocycles. The van der Waals surface area contributed by atoms with Gasteiger partial charge in [0.05, 0.1) is 9.35 Å². The smallest absolute Gasteiger partial charge is 0.200 e. The third kappa shape index (κ3) is 2.39. The lowest BCUT2D eigenvalue weighted by molar-refractivity contribution is 0.206. The Balaban J connectivity index is 2.63. The standard InChI is InChI=1S/C11H4BrF5OS/c12-4-2-1-3(19-4)11(18)5-6(13)8(15)10(17)9(16)7(5)14/h1-2,11,18H. The molecule has 1 aromatic carbocycles. The molecule has 0 bridgehead atoms. The molecule has 1 N–H and O–H groups in total. The molecule has 0 aliphatic rings. The zero-order valence-corrected chi connectivity index (χ0v) is 11.3. The van der Waals surface area contributed by atoms with Crippen LogP contribution in [-0.4, -0.2) is 5.11 Å². The van der Waals surface area contributed by atoms with E-state index >= 15 is 0 Å². The van der Waals surface area contributed by atoms with E-state index in [4.69, 9.17) is 0 Å². The first kappa shape index (κ1) is 14.4. The van der Waals surface area contributed by atoms with Crippen LogP contribution in [0.1, 0.15) is 16.5 Å². The molecular weight excluding hydrogens is 355 g/mol. The Morgan fingerprint density at radius 2 is 1.37 bits per heavy atom. The Labute approximate surface area is 116 Å². The molecule has 0 aliphatic carbocycles. The van der Waals surface area contributed by atoms with E-state index in [-0.39, 0.29) is 4.88 Å². The molecule has 0 amide bonds. The largest absolute Gasteiger partial charge is 0.383 e. The normalized spacial score (nSPS) is 12.8. The van der Waals surface area contributed by atoms with E-state index in [0.29, 0.717) is 3.79 Å². The van der Waals surface area contributed by atoms with E-state index in [0.717, 1.165) is 11.3 Å². The molecule has 1 aromatic heterocycles. The fraction of sp³-hybridized carbons (Fsp3) is 0.0909. The molecule has 1 nitrogen and oxygen atoms in total. The van der Waals surface area contributed by atoms with Crippen molar-refractivity contribution < 1.29 is 27.1 Å². The van der Waals surface area contributed by atoms with Crippen LogP contribution < -0.4 is 0 Å². The summed E-state index contributed by atoms with van der Waals surface area (Å²) in [6.07, 6.45) is -1.93. The van der Waals surface area contributed by atoms with Gasteiger partial charge < -0.3 is 5.11 Å². The lowest BCUT2D eigenvalue weighted by atomic mass is 10.1. The van der Waals surface area contributed by atoms with E-state index in [9.17, 15) is 27.1 Å². The van der Waals surface area contributed by atoms with Gasteiger partial charge in [-0.1, -0.05) is 0 Å². The summed E-state index contributed by atoms with van der Waals surface area (Å²) in [6.45, 7) is 0. The van der Waals surface area contributed by atoms with Crippen LogP contribution in [0, 0.1) is 29.1 Å². The van der Waals surface area contributed by atoms with E-state index < -0.39 is 40.8 Å². The maximum absolute atomic E-state index is 13.5. The quantitative estimate of drug-likeness (QED) is 0.482. The Kier molecular flexibility index (Phi) is 3.93. The van der Waals surface area contributed by atoms with E-state index in [1.807, 2.05) is 0 Å². The Bertz CT molecular complexity index is 613. The van der Waals surface area contributed by atoms with E-state index in [2.05, 4.69) is 15.9 Å². The minimum Gasteiger partial charge on any atom is -0.383 e. The molecule has 0 aliphatic heterocycles. The zero-order chi connectivity index (χ0) is 14.3. The summed E-state index contributed by atoms with van der Waals surface area (Å²) >= 11 is 3.98. The van der Waals surface area contributed by atoms with Crippen LogP contribution in [0.5, 0.6) is 0 Å². The third-order valence-corrected chi connectivity index (χ3v) is 4.06. The van der Waals surface area contributed by atoms with Crippen molar-refractivity contribution in [2.45, 2.75) is 6.10 Å². The lowest BCUT2D eigenvalue weighted by Gasteiger charge is -2.13. The molecule has 2 rings (SSSR count). The van der Waals surface area contributed by atoms with Gasteiger partial charge in [0.1, 0.15) is 6.10 Å². The second-order valence-electron chi connectivity index (χ2n) is 3.53. The fourth-order valence-electron chi connectivity index (χ4n) is 1.48. The summed E-state index contributed by atoms with van der Waals surface area (Å²) < 4.78 is 66.3. The predicted molar refractivity (Wildman–Crippen MR) is 62.3 cm³/mol. The number of hydrogen-bond donors (Lipinski definition) is 1. The number of benzene rings is 1. The molecule has 102 valence electrons. The highest BCUT2D eigenvalue weighted by Gasteiger charge is 2.30. The maximum atomic E-state index is 13.5. The van der Waals surface area contributed by atoms with Gasteiger partial charge in [-0.25, -0.2) is 22.0 Å². The van der Waals surface area contributed by atoms with Crippen molar-refractivity contribution >= 4 is 27.3 Å². The monoisotopic (exact) mass is 358 g/mol. The first-order chi connectivity index (χ1) is 8.84. The number of aliphatic hydroxyl groups excluding tert-OH is 1. The number of thiophene rings is 1. The van der Waals surface area contributed by atoms with Gasteiger partial charge in [-0.3, -0.25) is 0 Å². The van der Waals surface area contributed by atoms with Crippen LogP contribution in [0.3, 0.4) is 0 Å². The van der Waals surface area contributed by atoms with Crippen molar-refractivity contribution in [3.63, 3.8) is 0 Å². The summed E-state index contributed by atoms with van der Waals surface area (Å²) in [7, 11) is 0. The van der Waals surface area contributed by atoms with Crippen molar-refractivity contribution in [2.75, 3.05) is 0 Å². The maximum Gasteiger partial charge on any atom is 0.200 e. The number of aliphatic hydroxyl groups is 1. The summed E-state index contributed by atoms with van der Waals surface area (Å²) in [6, 6.07) is 2.80. The van der Waals surface area contributed by atoms with Gasteiger partial charge in [0.15, 0.2) is 23.3 Å². The van der Waals surface area contributed by atoms with Crippen LogP contribution in [0.25, 0.3) is 0 Å². The van der Waals surface area contributed by atoms with Crippen LogP contribution in [-0.2, 0) is 0 Å². The van der Waals surface area contributed by atoms with Crippen molar-refractivity contribution in [3.8, 4) is 0 Å². The molecule has 1 atom stereocenters. The molecule has 1 heterocycles. The minimum absolute atomic E-state index is 0.0510. The summed E-state index contributed by atoms with van der Waals surface area (Å²) in [5.74, 6) is -10.5. The molecule has 0 radical (unpaired) electrons. The van der Waals surface area contributed by atoms with Crippen LogP contribution in [0.2, 0.25) is 0 Å². The van der Waals surface area contributed by atoms with E-state index in [1.54, 1.807) is 0 Å². The van der Waals surface area contributed by atoms with Crippen LogP contribution in [0.4, 0.5) is 22.0 Å².